The number of nitrogens with zero attached hydrogens (tertiary/aromatic N) is 3. The van der Waals surface area contributed by atoms with Gasteiger partial charge in [-0.15, -0.1) is 0 Å². The summed E-state index contributed by atoms with van der Waals surface area (Å²) in [7, 11) is 0. The van der Waals surface area contributed by atoms with Crippen molar-refractivity contribution in [2.75, 3.05) is 30.3 Å². The van der Waals surface area contributed by atoms with Crippen molar-refractivity contribution in [3.63, 3.8) is 0 Å². The predicted molar refractivity (Wildman–Crippen MR) is 77.0 cm³/mol. The zero-order valence-corrected chi connectivity index (χ0v) is 11.9. The molecule has 0 aliphatic carbocycles. The number of carbonyl (C=O) groups is 1. The van der Waals surface area contributed by atoms with Gasteiger partial charge in [0.2, 0.25) is 5.91 Å². The second kappa shape index (κ2) is 7.56. The lowest BCUT2D eigenvalue weighted by molar-refractivity contribution is -0.119. The van der Waals surface area contributed by atoms with Gasteiger partial charge in [0.1, 0.15) is 17.5 Å². The van der Waals surface area contributed by atoms with Crippen molar-refractivity contribution in [1.29, 1.82) is 0 Å². The van der Waals surface area contributed by atoms with Crippen LogP contribution in [0.3, 0.4) is 0 Å². The van der Waals surface area contributed by atoms with E-state index < -0.39 is 0 Å². The molecule has 0 atom stereocenters. The van der Waals surface area contributed by atoms with Gasteiger partial charge in [0, 0.05) is 25.6 Å². The number of rotatable bonds is 7. The molecule has 106 valence electrons. The molecule has 1 rings (SSSR count). The van der Waals surface area contributed by atoms with E-state index in [-0.39, 0.29) is 12.5 Å². The van der Waals surface area contributed by atoms with Crippen LogP contribution >= 0.6 is 0 Å². The summed E-state index contributed by atoms with van der Waals surface area (Å²) in [5, 5.41) is 2.78. The number of carbonyl (C=O) groups excluding carboxylic acids is 1. The summed E-state index contributed by atoms with van der Waals surface area (Å²) in [5.74, 6) is 1.87. The molecule has 0 saturated heterocycles. The van der Waals surface area contributed by atoms with Gasteiger partial charge in [-0.2, -0.15) is 0 Å². The van der Waals surface area contributed by atoms with Crippen LogP contribution < -0.4 is 16.0 Å². The first-order valence-electron chi connectivity index (χ1n) is 6.75. The van der Waals surface area contributed by atoms with Crippen molar-refractivity contribution in [3.05, 3.63) is 11.9 Å². The van der Waals surface area contributed by atoms with Gasteiger partial charge in [0.05, 0.1) is 6.54 Å². The fourth-order valence-corrected chi connectivity index (χ4v) is 1.78. The Morgan fingerprint density at radius 2 is 2.11 bits per heavy atom. The third-order valence-corrected chi connectivity index (χ3v) is 2.67. The topological polar surface area (TPSA) is 84.1 Å². The van der Waals surface area contributed by atoms with E-state index in [0.717, 1.165) is 18.7 Å². The molecule has 0 aliphatic rings. The van der Waals surface area contributed by atoms with Crippen molar-refractivity contribution >= 4 is 17.5 Å². The number of nitrogens with one attached hydrogen (secondary N) is 1. The van der Waals surface area contributed by atoms with Gasteiger partial charge in [0.25, 0.3) is 0 Å². The number of aromatic nitrogens is 2. The average molecular weight is 265 g/mol. The Morgan fingerprint density at radius 3 is 2.68 bits per heavy atom. The van der Waals surface area contributed by atoms with Crippen LogP contribution in [0, 0.1) is 0 Å². The van der Waals surface area contributed by atoms with Gasteiger partial charge in [-0.3, -0.25) is 4.79 Å². The van der Waals surface area contributed by atoms with E-state index in [4.69, 9.17) is 5.73 Å². The summed E-state index contributed by atoms with van der Waals surface area (Å²) >= 11 is 0. The molecule has 1 aromatic rings. The SMILES string of the molecule is CCCc1nc(N)cc(N(CC)CC(=O)NCC)n1. The number of aryl methyl sites for hydroxylation is 1. The molecule has 0 fully saturated rings. The number of hydrogen-bond acceptors (Lipinski definition) is 5. The van der Waals surface area contributed by atoms with Gasteiger partial charge in [0.15, 0.2) is 0 Å². The normalized spacial score (nSPS) is 10.3. The molecule has 0 saturated carbocycles. The maximum Gasteiger partial charge on any atom is 0.239 e. The highest BCUT2D eigenvalue weighted by Crippen LogP contribution is 2.14. The molecule has 1 heterocycles. The number of hydrogen-bond donors (Lipinski definition) is 2. The lowest BCUT2D eigenvalue weighted by Gasteiger charge is -2.21. The Balaban J connectivity index is 2.87. The van der Waals surface area contributed by atoms with E-state index in [1.54, 1.807) is 6.07 Å². The van der Waals surface area contributed by atoms with Crippen LogP contribution in [0.1, 0.15) is 33.0 Å². The van der Waals surface area contributed by atoms with E-state index in [0.29, 0.717) is 24.7 Å². The predicted octanol–water partition coefficient (Wildman–Crippen LogP) is 0.974. The number of nitrogen functional groups attached to an aromatic ring is 1. The number of nitrogens with two attached hydrogens (primary N) is 1. The molecule has 6 nitrogen and oxygen atoms in total. The monoisotopic (exact) mass is 265 g/mol. The molecule has 3 N–H and O–H groups in total. The standard InChI is InChI=1S/C13H23N5O/c1-4-7-11-16-10(14)8-12(17-11)18(6-3)9-13(19)15-5-2/h8H,4-7,9H2,1-3H3,(H,15,19)(H2,14,16,17). The Kier molecular flexibility index (Phi) is 6.05. The molecule has 19 heavy (non-hydrogen) atoms. The largest absolute Gasteiger partial charge is 0.384 e. The van der Waals surface area contributed by atoms with E-state index in [1.165, 1.54) is 0 Å². The molecule has 0 spiro atoms. The van der Waals surface area contributed by atoms with E-state index in [2.05, 4.69) is 22.2 Å². The van der Waals surface area contributed by atoms with Gasteiger partial charge in [-0.25, -0.2) is 9.97 Å². The average Bonchev–Trinajstić information content (AvgIpc) is 2.36. The Bertz CT molecular complexity index is 421. The summed E-state index contributed by atoms with van der Waals surface area (Å²) in [6.45, 7) is 7.56. The van der Waals surface area contributed by atoms with Crippen LogP contribution in [-0.2, 0) is 11.2 Å². The second-order valence-corrected chi connectivity index (χ2v) is 4.28. The number of amides is 1. The Hall–Kier alpha value is -1.85. The second-order valence-electron chi connectivity index (χ2n) is 4.28. The van der Waals surface area contributed by atoms with Crippen LogP contribution in [0.25, 0.3) is 0 Å². The third kappa shape index (κ3) is 4.73. The minimum Gasteiger partial charge on any atom is -0.384 e. The first-order valence-corrected chi connectivity index (χ1v) is 6.75. The fraction of sp³-hybridized carbons (Fsp3) is 0.615. The molecule has 6 heteroatoms. The summed E-state index contributed by atoms with van der Waals surface area (Å²) in [5.41, 5.74) is 5.79. The summed E-state index contributed by atoms with van der Waals surface area (Å²) in [4.78, 5) is 22.2. The van der Waals surface area contributed by atoms with Crippen molar-refractivity contribution in [3.8, 4) is 0 Å². The van der Waals surface area contributed by atoms with E-state index in [1.807, 2.05) is 18.7 Å². The molecule has 0 bridgehead atoms. The van der Waals surface area contributed by atoms with Gasteiger partial charge >= 0.3 is 0 Å². The van der Waals surface area contributed by atoms with Crippen LogP contribution in [0.15, 0.2) is 6.07 Å². The Morgan fingerprint density at radius 1 is 1.37 bits per heavy atom. The van der Waals surface area contributed by atoms with E-state index >= 15 is 0 Å². The Labute approximate surface area is 114 Å². The maximum absolute atomic E-state index is 11.7. The quantitative estimate of drug-likeness (QED) is 0.767. The van der Waals surface area contributed by atoms with E-state index in [9.17, 15) is 4.79 Å². The number of likely N-dealkylation sites (N-methyl/N-ethyl adjacent to an activating group) is 2. The van der Waals surface area contributed by atoms with Crippen molar-refractivity contribution in [1.82, 2.24) is 15.3 Å². The molecule has 0 unspecified atom stereocenters. The molecular formula is C13H23N5O. The number of anilines is 2. The molecule has 0 aliphatic heterocycles. The smallest absolute Gasteiger partial charge is 0.239 e. The molecule has 1 amide bonds. The highest BCUT2D eigenvalue weighted by molar-refractivity contribution is 5.81. The fourth-order valence-electron chi connectivity index (χ4n) is 1.78. The van der Waals surface area contributed by atoms with Crippen LogP contribution in [0.5, 0.6) is 0 Å². The first kappa shape index (κ1) is 15.2. The van der Waals surface area contributed by atoms with Crippen LogP contribution in [0.4, 0.5) is 11.6 Å². The summed E-state index contributed by atoms with van der Waals surface area (Å²) < 4.78 is 0. The molecular weight excluding hydrogens is 242 g/mol. The summed E-state index contributed by atoms with van der Waals surface area (Å²) in [6, 6.07) is 1.71. The van der Waals surface area contributed by atoms with Gasteiger partial charge in [-0.05, 0) is 20.3 Å². The van der Waals surface area contributed by atoms with Crippen LogP contribution in [0.2, 0.25) is 0 Å². The van der Waals surface area contributed by atoms with Crippen LogP contribution in [-0.4, -0.2) is 35.5 Å². The highest BCUT2D eigenvalue weighted by Gasteiger charge is 2.12. The maximum atomic E-state index is 11.7. The zero-order valence-electron chi connectivity index (χ0n) is 11.9. The molecule has 0 aromatic carbocycles. The first-order chi connectivity index (χ1) is 9.10. The minimum atomic E-state index is -0.0152. The van der Waals surface area contributed by atoms with Crippen molar-refractivity contribution in [2.24, 2.45) is 0 Å². The lowest BCUT2D eigenvalue weighted by Crippen LogP contribution is -2.37. The lowest BCUT2D eigenvalue weighted by atomic mass is 10.3. The third-order valence-electron chi connectivity index (χ3n) is 2.67. The van der Waals surface area contributed by atoms with Crippen molar-refractivity contribution in [2.45, 2.75) is 33.6 Å². The van der Waals surface area contributed by atoms with Crippen molar-refractivity contribution < 1.29 is 4.79 Å². The van der Waals surface area contributed by atoms with Gasteiger partial charge < -0.3 is 16.0 Å². The minimum absolute atomic E-state index is 0.0152. The summed E-state index contributed by atoms with van der Waals surface area (Å²) in [6.07, 6.45) is 1.75. The zero-order chi connectivity index (χ0) is 14.3. The molecule has 0 radical (unpaired) electrons. The van der Waals surface area contributed by atoms with Gasteiger partial charge in [-0.1, -0.05) is 6.92 Å². The highest BCUT2D eigenvalue weighted by atomic mass is 16.2. The molecule has 1 aromatic heterocycles.